The Bertz CT molecular complexity index is 1250. The van der Waals surface area contributed by atoms with Gasteiger partial charge in [-0.05, 0) is 42.8 Å². The highest BCUT2D eigenvalue weighted by molar-refractivity contribution is 7.99. The van der Waals surface area contributed by atoms with E-state index in [0.29, 0.717) is 5.82 Å². The largest absolute Gasteiger partial charge is 0.417 e. The molecular weight excluding hydrogens is 429 g/mol. The third kappa shape index (κ3) is 4.41. The highest BCUT2D eigenvalue weighted by Crippen LogP contribution is 2.35. The van der Waals surface area contributed by atoms with Gasteiger partial charge in [0.05, 0.1) is 5.56 Å². The fourth-order valence-corrected chi connectivity index (χ4v) is 3.99. The lowest BCUT2D eigenvalue weighted by Gasteiger charge is -2.12. The quantitative estimate of drug-likeness (QED) is 0.429. The Morgan fingerprint density at radius 3 is 2.77 bits per heavy atom. The SMILES string of the molecule is C[C@H](Sc1nncn1C)c1ccnc(NC(=O)c2cc3c(C(F)(F)F)cccc3[nH]2)c1. The number of carbonyl (C=O) groups is 1. The van der Waals surface area contributed by atoms with E-state index in [1.54, 1.807) is 23.2 Å². The number of halogens is 3. The van der Waals surface area contributed by atoms with Crippen molar-refractivity contribution in [3.8, 4) is 0 Å². The van der Waals surface area contributed by atoms with E-state index < -0.39 is 17.6 Å². The monoisotopic (exact) mass is 446 g/mol. The number of thioether (sulfide) groups is 1. The summed E-state index contributed by atoms with van der Waals surface area (Å²) in [6, 6.07) is 8.51. The lowest BCUT2D eigenvalue weighted by atomic mass is 10.1. The van der Waals surface area contributed by atoms with Gasteiger partial charge in [-0.1, -0.05) is 17.8 Å². The zero-order valence-corrected chi connectivity index (χ0v) is 17.3. The number of benzene rings is 1. The number of alkyl halides is 3. The van der Waals surface area contributed by atoms with E-state index in [0.717, 1.165) is 16.8 Å². The van der Waals surface area contributed by atoms with Gasteiger partial charge in [-0.25, -0.2) is 4.98 Å². The molecule has 1 amide bonds. The Kier molecular flexibility index (Phi) is 5.44. The Morgan fingerprint density at radius 1 is 1.26 bits per heavy atom. The first-order valence-corrected chi connectivity index (χ1v) is 10.1. The summed E-state index contributed by atoms with van der Waals surface area (Å²) in [6.07, 6.45) is -1.34. The van der Waals surface area contributed by atoms with Gasteiger partial charge in [-0.2, -0.15) is 13.2 Å². The second-order valence-corrected chi connectivity index (χ2v) is 8.17. The van der Waals surface area contributed by atoms with Crippen molar-refractivity contribution in [3.05, 3.63) is 65.7 Å². The van der Waals surface area contributed by atoms with Crippen molar-refractivity contribution in [1.82, 2.24) is 24.7 Å². The molecule has 0 radical (unpaired) electrons. The molecule has 0 saturated carbocycles. The summed E-state index contributed by atoms with van der Waals surface area (Å²) in [5.41, 5.74) is 0.347. The predicted molar refractivity (Wildman–Crippen MR) is 111 cm³/mol. The number of amides is 1. The molecule has 0 fully saturated rings. The maximum absolute atomic E-state index is 13.2. The van der Waals surface area contributed by atoms with E-state index in [1.807, 2.05) is 20.0 Å². The van der Waals surface area contributed by atoms with Crippen molar-refractivity contribution in [2.24, 2.45) is 7.05 Å². The van der Waals surface area contributed by atoms with Gasteiger partial charge in [-0.3, -0.25) is 4.79 Å². The average Bonchev–Trinajstić information content (AvgIpc) is 3.33. The van der Waals surface area contributed by atoms with Crippen LogP contribution in [0.15, 0.2) is 54.1 Å². The summed E-state index contributed by atoms with van der Waals surface area (Å²) in [5.74, 6) is -0.287. The van der Waals surface area contributed by atoms with Crippen LogP contribution >= 0.6 is 11.8 Å². The van der Waals surface area contributed by atoms with Gasteiger partial charge < -0.3 is 14.9 Å². The third-order valence-corrected chi connectivity index (χ3v) is 5.87. The fourth-order valence-electron chi connectivity index (χ4n) is 3.08. The second-order valence-electron chi connectivity index (χ2n) is 6.86. The van der Waals surface area contributed by atoms with Crippen LogP contribution in [0.4, 0.5) is 19.0 Å². The van der Waals surface area contributed by atoms with Crippen LogP contribution in [-0.2, 0) is 13.2 Å². The van der Waals surface area contributed by atoms with Gasteiger partial charge in [0.15, 0.2) is 5.16 Å². The highest BCUT2D eigenvalue weighted by Gasteiger charge is 2.33. The molecule has 160 valence electrons. The number of nitrogens with one attached hydrogen (secondary N) is 2. The third-order valence-electron chi connectivity index (χ3n) is 4.66. The van der Waals surface area contributed by atoms with Crippen LogP contribution in [0.25, 0.3) is 10.9 Å². The minimum absolute atomic E-state index is 0.00368. The van der Waals surface area contributed by atoms with Gasteiger partial charge in [0, 0.05) is 29.4 Å². The van der Waals surface area contributed by atoms with Crippen molar-refractivity contribution < 1.29 is 18.0 Å². The van der Waals surface area contributed by atoms with Gasteiger partial charge in [-0.15, -0.1) is 10.2 Å². The first kappa shape index (κ1) is 20.9. The number of rotatable bonds is 5. The normalized spacial score (nSPS) is 12.8. The highest BCUT2D eigenvalue weighted by atomic mass is 32.2. The zero-order chi connectivity index (χ0) is 22.2. The number of aryl methyl sites for hydroxylation is 1. The number of anilines is 1. The molecule has 3 heterocycles. The Balaban J connectivity index is 1.54. The van der Waals surface area contributed by atoms with E-state index in [-0.39, 0.29) is 21.8 Å². The average molecular weight is 446 g/mol. The van der Waals surface area contributed by atoms with E-state index in [4.69, 9.17) is 0 Å². The lowest BCUT2D eigenvalue weighted by Crippen LogP contribution is -2.13. The molecular formula is C20H17F3N6OS. The summed E-state index contributed by atoms with van der Waals surface area (Å²) in [7, 11) is 1.85. The van der Waals surface area contributed by atoms with Crippen LogP contribution in [0, 0.1) is 0 Å². The molecule has 0 aliphatic carbocycles. The van der Waals surface area contributed by atoms with Gasteiger partial charge in [0.2, 0.25) is 0 Å². The Hall–Kier alpha value is -3.34. The predicted octanol–water partition coefficient (Wildman–Crippen LogP) is 4.82. The number of carbonyl (C=O) groups excluding carboxylic acids is 1. The first-order chi connectivity index (χ1) is 14.7. The lowest BCUT2D eigenvalue weighted by molar-refractivity contribution is -0.136. The Labute approximate surface area is 179 Å². The number of pyridine rings is 1. The maximum atomic E-state index is 13.2. The zero-order valence-electron chi connectivity index (χ0n) is 16.4. The van der Waals surface area contributed by atoms with Crippen LogP contribution in [0.3, 0.4) is 0 Å². The molecule has 0 bridgehead atoms. The standard InChI is InChI=1S/C20H17F3N6OS/c1-11(31-19-28-25-10-29(19)2)12-6-7-24-17(8-12)27-18(30)16-9-13-14(20(21,22)23)4-3-5-15(13)26-16/h3-11,26H,1-2H3,(H,24,27,30)/t11-/m0/s1. The smallest absolute Gasteiger partial charge is 0.351 e. The van der Waals surface area contributed by atoms with Crippen molar-refractivity contribution >= 4 is 34.4 Å². The summed E-state index contributed by atoms with van der Waals surface area (Å²) in [5, 5.41) is 11.2. The first-order valence-electron chi connectivity index (χ1n) is 9.19. The topological polar surface area (TPSA) is 88.5 Å². The minimum atomic E-state index is -4.51. The number of aromatic amines is 1. The molecule has 2 N–H and O–H groups in total. The number of aromatic nitrogens is 5. The molecule has 0 aliphatic heterocycles. The van der Waals surface area contributed by atoms with Crippen molar-refractivity contribution in [2.75, 3.05) is 5.32 Å². The molecule has 4 aromatic rings. The van der Waals surface area contributed by atoms with Crippen molar-refractivity contribution in [1.29, 1.82) is 0 Å². The molecule has 0 unspecified atom stereocenters. The van der Waals surface area contributed by atoms with Gasteiger partial charge in [0.1, 0.15) is 17.8 Å². The van der Waals surface area contributed by atoms with Crippen LogP contribution in [0.5, 0.6) is 0 Å². The number of hydrogen-bond donors (Lipinski definition) is 2. The van der Waals surface area contributed by atoms with Crippen molar-refractivity contribution in [2.45, 2.75) is 23.5 Å². The number of nitrogens with zero attached hydrogens (tertiary/aromatic N) is 4. The maximum Gasteiger partial charge on any atom is 0.417 e. The molecule has 11 heteroatoms. The van der Waals surface area contributed by atoms with Crippen molar-refractivity contribution in [3.63, 3.8) is 0 Å². The van der Waals surface area contributed by atoms with Crippen LogP contribution in [0.2, 0.25) is 0 Å². The van der Waals surface area contributed by atoms with Crippen LogP contribution in [0.1, 0.15) is 33.8 Å². The fraction of sp³-hybridized carbons (Fsp3) is 0.200. The number of H-pyrrole nitrogens is 1. The number of hydrogen-bond acceptors (Lipinski definition) is 5. The molecule has 3 aromatic heterocycles. The molecule has 1 atom stereocenters. The van der Waals surface area contributed by atoms with Crippen LogP contribution in [-0.4, -0.2) is 30.6 Å². The summed E-state index contributed by atoms with van der Waals surface area (Å²) in [4.78, 5) is 19.5. The molecule has 0 aliphatic rings. The molecule has 4 rings (SSSR count). The second kappa shape index (κ2) is 8.06. The summed E-state index contributed by atoms with van der Waals surface area (Å²) in [6.45, 7) is 1.98. The summed E-state index contributed by atoms with van der Waals surface area (Å²) >= 11 is 1.50. The molecule has 0 spiro atoms. The molecule has 7 nitrogen and oxygen atoms in total. The van der Waals surface area contributed by atoms with E-state index in [2.05, 4.69) is 25.5 Å². The van der Waals surface area contributed by atoms with Gasteiger partial charge >= 0.3 is 6.18 Å². The van der Waals surface area contributed by atoms with E-state index in [1.165, 1.54) is 30.0 Å². The van der Waals surface area contributed by atoms with E-state index in [9.17, 15) is 18.0 Å². The number of fused-ring (bicyclic) bond motifs is 1. The van der Waals surface area contributed by atoms with Crippen LogP contribution < -0.4 is 5.32 Å². The molecule has 1 aromatic carbocycles. The molecule has 31 heavy (non-hydrogen) atoms. The van der Waals surface area contributed by atoms with Gasteiger partial charge in [0.25, 0.3) is 5.91 Å². The van der Waals surface area contributed by atoms with E-state index >= 15 is 0 Å². The molecule has 0 saturated heterocycles. The minimum Gasteiger partial charge on any atom is -0.351 e. The summed E-state index contributed by atoms with van der Waals surface area (Å²) < 4.78 is 41.5. The Morgan fingerprint density at radius 2 is 2.06 bits per heavy atom.